The Morgan fingerprint density at radius 2 is 2.24 bits per heavy atom. The molecule has 0 aliphatic carbocycles. The summed E-state index contributed by atoms with van der Waals surface area (Å²) in [5, 5.41) is 7.39. The van der Waals surface area contributed by atoms with E-state index in [9.17, 15) is 0 Å². The van der Waals surface area contributed by atoms with Crippen molar-refractivity contribution in [3.05, 3.63) is 35.3 Å². The third-order valence-electron chi connectivity index (χ3n) is 2.90. The fraction of sp³-hybridized carbons (Fsp3) is 0.214. The minimum absolute atomic E-state index is 0.532. The average Bonchev–Trinajstić information content (AvgIpc) is 3.07. The molecule has 3 aromatic rings. The van der Waals surface area contributed by atoms with Crippen molar-refractivity contribution in [1.82, 2.24) is 19.7 Å². The predicted octanol–water partition coefficient (Wildman–Crippen LogP) is 3.33. The summed E-state index contributed by atoms with van der Waals surface area (Å²) >= 11 is 3.44. The number of anilines is 1. The SMILES string of the molecule is CCNc1cc(-c2cnn(C)c2)nc(-c2occc2Br)n1. The van der Waals surface area contributed by atoms with Gasteiger partial charge in [-0.1, -0.05) is 0 Å². The zero-order valence-electron chi connectivity index (χ0n) is 11.7. The van der Waals surface area contributed by atoms with Crippen molar-refractivity contribution in [2.45, 2.75) is 6.92 Å². The molecule has 0 aromatic carbocycles. The molecular weight excluding hydrogens is 334 g/mol. The second-order valence-electron chi connectivity index (χ2n) is 4.49. The van der Waals surface area contributed by atoms with Crippen molar-refractivity contribution in [2.75, 3.05) is 11.9 Å². The first-order chi connectivity index (χ1) is 10.2. The molecule has 6 nitrogen and oxygen atoms in total. The van der Waals surface area contributed by atoms with Gasteiger partial charge in [0.25, 0.3) is 0 Å². The molecule has 0 spiro atoms. The minimum atomic E-state index is 0.532. The summed E-state index contributed by atoms with van der Waals surface area (Å²) in [5.74, 6) is 1.90. The van der Waals surface area contributed by atoms with Crippen LogP contribution in [-0.2, 0) is 7.05 Å². The number of furan rings is 1. The summed E-state index contributed by atoms with van der Waals surface area (Å²) in [5.41, 5.74) is 1.73. The lowest BCUT2D eigenvalue weighted by molar-refractivity contribution is 0.576. The largest absolute Gasteiger partial charge is 0.460 e. The van der Waals surface area contributed by atoms with Crippen LogP contribution in [0.15, 0.2) is 39.7 Å². The van der Waals surface area contributed by atoms with Gasteiger partial charge in [-0.15, -0.1) is 0 Å². The highest BCUT2D eigenvalue weighted by Crippen LogP contribution is 2.29. The molecule has 0 unspecified atom stereocenters. The molecule has 0 aliphatic heterocycles. The van der Waals surface area contributed by atoms with Crippen LogP contribution in [0.4, 0.5) is 5.82 Å². The molecule has 21 heavy (non-hydrogen) atoms. The van der Waals surface area contributed by atoms with E-state index in [2.05, 4.69) is 36.3 Å². The van der Waals surface area contributed by atoms with Crippen LogP contribution < -0.4 is 5.32 Å². The second-order valence-corrected chi connectivity index (χ2v) is 5.35. The minimum Gasteiger partial charge on any atom is -0.460 e. The summed E-state index contributed by atoms with van der Waals surface area (Å²) in [4.78, 5) is 9.06. The van der Waals surface area contributed by atoms with E-state index in [0.29, 0.717) is 11.6 Å². The van der Waals surface area contributed by atoms with Gasteiger partial charge in [0, 0.05) is 31.4 Å². The maximum atomic E-state index is 5.46. The molecule has 0 saturated carbocycles. The molecule has 3 rings (SSSR count). The molecule has 0 bridgehead atoms. The van der Waals surface area contributed by atoms with Crippen LogP contribution in [0.3, 0.4) is 0 Å². The molecular formula is C14H14BrN5O. The van der Waals surface area contributed by atoms with Crippen LogP contribution in [-0.4, -0.2) is 26.3 Å². The third kappa shape index (κ3) is 2.82. The van der Waals surface area contributed by atoms with E-state index in [1.165, 1.54) is 0 Å². The molecule has 3 aromatic heterocycles. The Hall–Kier alpha value is -2.15. The number of nitrogens with zero attached hydrogens (tertiary/aromatic N) is 4. The molecule has 0 aliphatic rings. The van der Waals surface area contributed by atoms with E-state index >= 15 is 0 Å². The van der Waals surface area contributed by atoms with Crippen molar-refractivity contribution in [2.24, 2.45) is 7.05 Å². The zero-order valence-corrected chi connectivity index (χ0v) is 13.3. The normalized spacial score (nSPS) is 10.8. The number of hydrogen-bond donors (Lipinski definition) is 1. The monoisotopic (exact) mass is 347 g/mol. The number of halogens is 1. The highest BCUT2D eigenvalue weighted by Gasteiger charge is 2.14. The van der Waals surface area contributed by atoms with E-state index in [1.54, 1.807) is 17.1 Å². The van der Waals surface area contributed by atoms with Crippen LogP contribution in [0.5, 0.6) is 0 Å². The molecule has 0 fully saturated rings. The van der Waals surface area contributed by atoms with E-state index in [1.807, 2.05) is 32.3 Å². The first kappa shape index (κ1) is 13.8. The first-order valence-corrected chi connectivity index (χ1v) is 7.32. The lowest BCUT2D eigenvalue weighted by Crippen LogP contribution is -2.02. The second kappa shape index (κ2) is 5.69. The van der Waals surface area contributed by atoms with E-state index in [0.717, 1.165) is 28.1 Å². The van der Waals surface area contributed by atoms with Gasteiger partial charge in [0.2, 0.25) is 0 Å². The maximum absolute atomic E-state index is 5.46. The van der Waals surface area contributed by atoms with Crippen molar-refractivity contribution in [3.8, 4) is 22.8 Å². The maximum Gasteiger partial charge on any atom is 0.199 e. The first-order valence-electron chi connectivity index (χ1n) is 6.52. The quantitative estimate of drug-likeness (QED) is 0.783. The van der Waals surface area contributed by atoms with E-state index in [-0.39, 0.29) is 0 Å². The Kier molecular flexibility index (Phi) is 3.74. The fourth-order valence-corrected chi connectivity index (χ4v) is 2.35. The Balaban J connectivity index is 2.12. The zero-order chi connectivity index (χ0) is 14.8. The molecule has 0 radical (unpaired) electrons. The molecule has 1 N–H and O–H groups in total. The van der Waals surface area contributed by atoms with Gasteiger partial charge < -0.3 is 9.73 Å². The van der Waals surface area contributed by atoms with Crippen LogP contribution in [0.1, 0.15) is 6.92 Å². The van der Waals surface area contributed by atoms with Crippen LogP contribution in [0, 0.1) is 0 Å². The summed E-state index contributed by atoms with van der Waals surface area (Å²) < 4.78 is 8.03. The van der Waals surface area contributed by atoms with Crippen LogP contribution in [0.2, 0.25) is 0 Å². The molecule has 0 saturated heterocycles. The van der Waals surface area contributed by atoms with Crippen molar-refractivity contribution < 1.29 is 4.42 Å². The Bertz CT molecular complexity index is 764. The Morgan fingerprint density at radius 1 is 1.38 bits per heavy atom. The number of aryl methyl sites for hydroxylation is 1. The Labute approximate surface area is 130 Å². The molecule has 7 heteroatoms. The number of rotatable bonds is 4. The highest BCUT2D eigenvalue weighted by atomic mass is 79.9. The number of nitrogens with one attached hydrogen (secondary N) is 1. The van der Waals surface area contributed by atoms with Gasteiger partial charge >= 0.3 is 0 Å². The van der Waals surface area contributed by atoms with Crippen LogP contribution >= 0.6 is 15.9 Å². The van der Waals surface area contributed by atoms with Crippen molar-refractivity contribution in [3.63, 3.8) is 0 Å². The molecule has 0 atom stereocenters. The summed E-state index contributed by atoms with van der Waals surface area (Å²) in [6, 6.07) is 3.73. The smallest absolute Gasteiger partial charge is 0.199 e. The van der Waals surface area contributed by atoms with Crippen LogP contribution in [0.25, 0.3) is 22.8 Å². The van der Waals surface area contributed by atoms with Gasteiger partial charge in [0.15, 0.2) is 11.6 Å². The lowest BCUT2D eigenvalue weighted by Gasteiger charge is -2.07. The topological polar surface area (TPSA) is 68.8 Å². The van der Waals surface area contributed by atoms with Gasteiger partial charge in [-0.3, -0.25) is 4.68 Å². The van der Waals surface area contributed by atoms with Crippen molar-refractivity contribution in [1.29, 1.82) is 0 Å². The summed E-state index contributed by atoms with van der Waals surface area (Å²) in [6.45, 7) is 2.80. The molecule has 3 heterocycles. The van der Waals surface area contributed by atoms with E-state index in [4.69, 9.17) is 4.42 Å². The molecule has 0 amide bonds. The predicted molar refractivity (Wildman–Crippen MR) is 83.8 cm³/mol. The average molecular weight is 348 g/mol. The molecule has 108 valence electrons. The lowest BCUT2D eigenvalue weighted by atomic mass is 10.2. The summed E-state index contributed by atoms with van der Waals surface area (Å²) in [7, 11) is 1.87. The number of aromatic nitrogens is 4. The Morgan fingerprint density at radius 3 is 2.86 bits per heavy atom. The van der Waals surface area contributed by atoms with Gasteiger partial charge in [-0.05, 0) is 28.9 Å². The van der Waals surface area contributed by atoms with Crippen molar-refractivity contribution >= 4 is 21.7 Å². The third-order valence-corrected chi connectivity index (χ3v) is 3.53. The highest BCUT2D eigenvalue weighted by molar-refractivity contribution is 9.10. The summed E-state index contributed by atoms with van der Waals surface area (Å²) in [6.07, 6.45) is 5.30. The number of hydrogen-bond acceptors (Lipinski definition) is 5. The van der Waals surface area contributed by atoms with Gasteiger partial charge in [0.1, 0.15) is 5.82 Å². The standard InChI is InChI=1S/C14H14BrN5O/c1-3-16-12-6-11(9-7-17-20(2)8-9)18-14(19-12)13-10(15)4-5-21-13/h4-8H,3H2,1-2H3,(H,16,18,19). The van der Waals surface area contributed by atoms with E-state index < -0.39 is 0 Å². The van der Waals surface area contributed by atoms with Gasteiger partial charge in [0.05, 0.1) is 22.6 Å². The van der Waals surface area contributed by atoms with Gasteiger partial charge in [-0.25, -0.2) is 9.97 Å². The van der Waals surface area contributed by atoms with Gasteiger partial charge in [-0.2, -0.15) is 5.10 Å². The fourth-order valence-electron chi connectivity index (χ4n) is 1.98.